The maximum absolute atomic E-state index is 12.6. The fraction of sp³-hybridized carbons (Fsp3) is 0.533. The molecule has 1 aliphatic heterocycles. The first-order chi connectivity index (χ1) is 12.4. The normalized spacial score (nSPS) is 18.3. The molecule has 3 rings (SSSR count). The van der Waals surface area contributed by atoms with Crippen LogP contribution in [0.4, 0.5) is 13.2 Å². The van der Waals surface area contributed by atoms with Crippen molar-refractivity contribution in [2.45, 2.75) is 18.8 Å². The Balaban J connectivity index is 0.00000261. The van der Waals surface area contributed by atoms with E-state index in [0.717, 1.165) is 22.3 Å². The van der Waals surface area contributed by atoms with E-state index >= 15 is 0 Å². The van der Waals surface area contributed by atoms with Gasteiger partial charge < -0.3 is 15.0 Å². The number of aromatic nitrogens is 3. The molecule has 1 fully saturated rings. The molecule has 1 N–H and O–H groups in total. The molecular weight excluding hydrogens is 496 g/mol. The highest BCUT2D eigenvalue weighted by atomic mass is 127. The minimum atomic E-state index is -4.42. The molecule has 1 unspecified atom stereocenters. The molecule has 0 spiro atoms. The predicted molar refractivity (Wildman–Crippen MR) is 106 cm³/mol. The summed E-state index contributed by atoms with van der Waals surface area (Å²) in [6.45, 7) is 1.93. The van der Waals surface area contributed by atoms with Crippen LogP contribution in [-0.4, -0.2) is 52.4 Å². The monoisotopic (exact) mass is 516 g/mol. The van der Waals surface area contributed by atoms with Gasteiger partial charge in [-0.15, -0.1) is 35.3 Å². The summed E-state index contributed by atoms with van der Waals surface area (Å²) in [5.74, 6) is 0.603. The average Bonchev–Trinajstić information content (AvgIpc) is 3.24. The smallest absolute Gasteiger partial charge is 0.370 e. The maximum Gasteiger partial charge on any atom is 0.434 e. The van der Waals surface area contributed by atoms with Crippen molar-refractivity contribution in [1.82, 2.24) is 25.0 Å². The van der Waals surface area contributed by atoms with Crippen LogP contribution < -0.4 is 5.32 Å². The van der Waals surface area contributed by atoms with Crippen molar-refractivity contribution in [2.75, 3.05) is 26.7 Å². The first-order valence-corrected chi connectivity index (χ1v) is 8.82. The molecule has 27 heavy (non-hydrogen) atoms. The second-order valence-electron chi connectivity index (χ2n) is 5.78. The number of ether oxygens (including phenoxy) is 1. The number of hydrogen-bond donors (Lipinski definition) is 1. The van der Waals surface area contributed by atoms with Gasteiger partial charge in [0, 0.05) is 37.8 Å². The lowest BCUT2D eigenvalue weighted by Gasteiger charge is -2.34. The number of thiazole rings is 1. The summed E-state index contributed by atoms with van der Waals surface area (Å²) in [5.41, 5.74) is 0.111. The molecule has 7 nitrogen and oxygen atoms in total. The number of aliphatic imine (C=N–C) groups is 1. The Kier molecular flexibility index (Phi) is 7.45. The minimum absolute atomic E-state index is 0. The summed E-state index contributed by atoms with van der Waals surface area (Å²) in [6.07, 6.45) is -0.887. The Morgan fingerprint density at radius 1 is 1.48 bits per heavy atom. The van der Waals surface area contributed by atoms with Gasteiger partial charge in [0.15, 0.2) is 11.7 Å². The van der Waals surface area contributed by atoms with Crippen molar-refractivity contribution in [3.8, 4) is 0 Å². The molecule has 0 radical (unpaired) electrons. The Bertz CT molecular complexity index is 778. The molecular formula is C15H20F3IN6OS. The van der Waals surface area contributed by atoms with E-state index in [2.05, 4.69) is 20.4 Å². The average molecular weight is 516 g/mol. The fourth-order valence-corrected chi connectivity index (χ4v) is 3.40. The lowest BCUT2D eigenvalue weighted by Crippen LogP contribution is -2.47. The van der Waals surface area contributed by atoms with E-state index in [9.17, 15) is 13.2 Å². The van der Waals surface area contributed by atoms with Crippen LogP contribution in [-0.2, 0) is 24.5 Å². The Hall–Kier alpha value is -1.41. The van der Waals surface area contributed by atoms with Crippen molar-refractivity contribution >= 4 is 41.3 Å². The third kappa shape index (κ3) is 5.54. The van der Waals surface area contributed by atoms with E-state index in [1.54, 1.807) is 17.9 Å². The highest BCUT2D eigenvalue weighted by Crippen LogP contribution is 2.30. The second-order valence-corrected chi connectivity index (χ2v) is 6.72. The topological polar surface area (TPSA) is 67.6 Å². The summed E-state index contributed by atoms with van der Waals surface area (Å²) in [4.78, 5) is 9.86. The van der Waals surface area contributed by atoms with Crippen LogP contribution in [0.5, 0.6) is 0 Å². The molecule has 2 aromatic heterocycles. The van der Waals surface area contributed by atoms with Crippen LogP contribution in [0.25, 0.3) is 0 Å². The molecule has 150 valence electrons. The first-order valence-electron chi connectivity index (χ1n) is 7.94. The maximum atomic E-state index is 12.6. The van der Waals surface area contributed by atoms with Crippen molar-refractivity contribution < 1.29 is 17.9 Å². The van der Waals surface area contributed by atoms with Gasteiger partial charge in [0.1, 0.15) is 11.1 Å². The third-order valence-electron chi connectivity index (χ3n) is 3.91. The number of alkyl halides is 3. The second kappa shape index (κ2) is 9.19. The zero-order valence-electron chi connectivity index (χ0n) is 14.7. The van der Waals surface area contributed by atoms with Crippen LogP contribution in [0.15, 0.2) is 22.8 Å². The summed E-state index contributed by atoms with van der Waals surface area (Å²) in [5, 5.41) is 8.61. The fourth-order valence-electron chi connectivity index (χ4n) is 2.66. The largest absolute Gasteiger partial charge is 0.434 e. The van der Waals surface area contributed by atoms with E-state index < -0.39 is 11.9 Å². The van der Waals surface area contributed by atoms with E-state index in [4.69, 9.17) is 4.74 Å². The molecule has 0 amide bonds. The SMILES string of the molecule is CN=C(NCc1nc(C(F)(F)F)cs1)N1CCOC(c2cnn(C)c2)C1.I. The number of nitrogens with zero attached hydrogens (tertiary/aromatic N) is 5. The molecule has 1 atom stereocenters. The van der Waals surface area contributed by atoms with Crippen LogP contribution in [0.2, 0.25) is 0 Å². The van der Waals surface area contributed by atoms with Gasteiger partial charge >= 0.3 is 6.18 Å². The van der Waals surface area contributed by atoms with Gasteiger partial charge in [0.05, 0.1) is 25.9 Å². The van der Waals surface area contributed by atoms with E-state index in [-0.39, 0.29) is 36.6 Å². The summed E-state index contributed by atoms with van der Waals surface area (Å²) in [6, 6.07) is 0. The summed E-state index contributed by atoms with van der Waals surface area (Å²) < 4.78 is 45.4. The van der Waals surface area contributed by atoms with Gasteiger partial charge in [0.2, 0.25) is 0 Å². The van der Waals surface area contributed by atoms with Gasteiger partial charge in [-0.25, -0.2) is 4.98 Å². The van der Waals surface area contributed by atoms with Crippen molar-refractivity contribution in [3.63, 3.8) is 0 Å². The number of guanidine groups is 1. The predicted octanol–water partition coefficient (Wildman–Crippen LogP) is 2.66. The van der Waals surface area contributed by atoms with Crippen molar-refractivity contribution in [1.29, 1.82) is 0 Å². The van der Waals surface area contributed by atoms with Gasteiger partial charge in [-0.05, 0) is 0 Å². The van der Waals surface area contributed by atoms with Gasteiger partial charge in [-0.1, -0.05) is 0 Å². The zero-order valence-corrected chi connectivity index (χ0v) is 17.9. The molecule has 0 aliphatic carbocycles. The Morgan fingerprint density at radius 2 is 2.26 bits per heavy atom. The molecule has 1 saturated heterocycles. The molecule has 0 bridgehead atoms. The molecule has 3 heterocycles. The third-order valence-corrected chi connectivity index (χ3v) is 4.76. The van der Waals surface area contributed by atoms with E-state index in [0.29, 0.717) is 30.7 Å². The van der Waals surface area contributed by atoms with Crippen molar-refractivity contribution in [3.05, 3.63) is 34.0 Å². The van der Waals surface area contributed by atoms with E-state index in [1.165, 1.54) is 0 Å². The van der Waals surface area contributed by atoms with E-state index in [1.807, 2.05) is 18.1 Å². The highest BCUT2D eigenvalue weighted by Gasteiger charge is 2.33. The molecule has 12 heteroatoms. The molecule has 2 aromatic rings. The summed E-state index contributed by atoms with van der Waals surface area (Å²) >= 11 is 0.973. The lowest BCUT2D eigenvalue weighted by molar-refractivity contribution is -0.140. The van der Waals surface area contributed by atoms with Gasteiger partial charge in [-0.3, -0.25) is 9.67 Å². The van der Waals surface area contributed by atoms with Crippen molar-refractivity contribution in [2.24, 2.45) is 12.0 Å². The molecule has 0 aromatic carbocycles. The minimum Gasteiger partial charge on any atom is -0.370 e. The number of hydrogen-bond acceptors (Lipinski definition) is 5. The van der Waals surface area contributed by atoms with Crippen LogP contribution in [0.3, 0.4) is 0 Å². The standard InChI is InChI=1S/C15H19F3N6OS.HI/c1-19-14(20-6-13-22-12(9-26-13)15(16,17)18)24-3-4-25-11(8-24)10-5-21-23(2)7-10;/h5,7,9,11H,3-4,6,8H2,1-2H3,(H,19,20);1H. The number of aryl methyl sites for hydroxylation is 1. The highest BCUT2D eigenvalue weighted by molar-refractivity contribution is 14.0. The quantitative estimate of drug-likeness (QED) is 0.386. The molecule has 0 saturated carbocycles. The Labute approximate surface area is 175 Å². The van der Waals surface area contributed by atoms with Crippen LogP contribution >= 0.6 is 35.3 Å². The van der Waals surface area contributed by atoms with Crippen LogP contribution in [0, 0.1) is 0 Å². The Morgan fingerprint density at radius 3 is 2.85 bits per heavy atom. The summed E-state index contributed by atoms with van der Waals surface area (Å²) in [7, 11) is 3.48. The lowest BCUT2D eigenvalue weighted by atomic mass is 10.1. The molecule has 1 aliphatic rings. The number of morpholine rings is 1. The number of nitrogens with one attached hydrogen (secondary N) is 1. The zero-order chi connectivity index (χ0) is 18.7. The number of rotatable bonds is 3. The van der Waals surface area contributed by atoms with Gasteiger partial charge in [0.25, 0.3) is 0 Å². The van der Waals surface area contributed by atoms with Crippen LogP contribution in [0.1, 0.15) is 22.4 Å². The number of halogens is 4. The van der Waals surface area contributed by atoms with Gasteiger partial charge in [-0.2, -0.15) is 18.3 Å². The first kappa shape index (κ1) is 21.9.